The molecule has 1 amide bonds. The summed E-state index contributed by atoms with van der Waals surface area (Å²) >= 11 is 0. The molecule has 39 heavy (non-hydrogen) atoms. The van der Waals surface area contributed by atoms with Crippen LogP contribution < -0.4 is 5.32 Å². The molecule has 4 aromatic rings. The van der Waals surface area contributed by atoms with E-state index in [1.165, 1.54) is 12.0 Å². The van der Waals surface area contributed by atoms with Crippen LogP contribution in [0.5, 0.6) is 0 Å². The number of benzene rings is 4. The summed E-state index contributed by atoms with van der Waals surface area (Å²) in [4.78, 5) is 27.6. The number of β-lactam (4-membered cyclic amide) rings is 1. The average Bonchev–Trinajstić information content (AvgIpc) is 3.01. The lowest BCUT2D eigenvalue weighted by molar-refractivity contribution is -0.152. The smallest absolute Gasteiger partial charge is 0.354 e. The Bertz CT molecular complexity index is 1370. The first-order valence-corrected chi connectivity index (χ1v) is 12.8. The summed E-state index contributed by atoms with van der Waals surface area (Å²) in [5.74, 6) is -0.888. The summed E-state index contributed by atoms with van der Waals surface area (Å²) in [7, 11) is 1.29. The third-order valence-electron chi connectivity index (χ3n) is 7.13. The van der Waals surface area contributed by atoms with Crippen molar-refractivity contribution in [1.29, 1.82) is 0 Å². The maximum Gasteiger partial charge on any atom is 0.354 e. The zero-order valence-electron chi connectivity index (χ0n) is 21.7. The van der Waals surface area contributed by atoms with E-state index < -0.39 is 23.6 Å². The van der Waals surface area contributed by atoms with Crippen LogP contribution in [-0.4, -0.2) is 36.0 Å². The van der Waals surface area contributed by atoms with Gasteiger partial charge in [0.05, 0.1) is 18.7 Å². The van der Waals surface area contributed by atoms with Crippen molar-refractivity contribution in [1.82, 2.24) is 10.2 Å². The Morgan fingerprint density at radius 2 is 1.23 bits per heavy atom. The Kier molecular flexibility index (Phi) is 7.53. The van der Waals surface area contributed by atoms with E-state index in [0.29, 0.717) is 0 Å². The molecule has 2 unspecified atom stereocenters. The first-order valence-electron chi connectivity index (χ1n) is 12.8. The van der Waals surface area contributed by atoms with Gasteiger partial charge in [0.15, 0.2) is 0 Å². The van der Waals surface area contributed by atoms with Gasteiger partial charge in [-0.25, -0.2) is 4.79 Å². The molecular weight excluding hydrogens is 484 g/mol. The molecular formula is C34H30N2O3. The third-order valence-corrected chi connectivity index (χ3v) is 7.13. The second-order valence-electron chi connectivity index (χ2n) is 9.38. The quantitative estimate of drug-likeness (QED) is 0.138. The highest BCUT2D eigenvalue weighted by Gasteiger charge is 2.52. The lowest BCUT2D eigenvalue weighted by atomic mass is 9.75. The van der Waals surface area contributed by atoms with Gasteiger partial charge >= 0.3 is 5.97 Å². The van der Waals surface area contributed by atoms with Crippen molar-refractivity contribution in [3.05, 3.63) is 162 Å². The van der Waals surface area contributed by atoms with Crippen molar-refractivity contribution in [3.8, 4) is 0 Å². The molecule has 194 valence electrons. The minimum Gasteiger partial charge on any atom is -0.464 e. The molecule has 1 fully saturated rings. The number of esters is 1. The number of amides is 1. The first-order chi connectivity index (χ1) is 19.1. The Hall–Kier alpha value is -4.74. The van der Waals surface area contributed by atoms with Crippen molar-refractivity contribution < 1.29 is 14.3 Å². The summed E-state index contributed by atoms with van der Waals surface area (Å²) in [5, 5.41) is 3.76. The monoisotopic (exact) mass is 514 g/mol. The summed E-state index contributed by atoms with van der Waals surface area (Å²) in [6, 6.07) is 39.0. The first kappa shape index (κ1) is 25.9. The summed E-state index contributed by atoms with van der Waals surface area (Å²) < 4.78 is 4.90. The van der Waals surface area contributed by atoms with Gasteiger partial charge in [0.2, 0.25) is 5.91 Å². The predicted octanol–water partition coefficient (Wildman–Crippen LogP) is 5.55. The summed E-state index contributed by atoms with van der Waals surface area (Å²) in [6.45, 7) is 3.88. The molecule has 1 saturated heterocycles. The number of methoxy groups -OCH3 is 1. The molecule has 1 heterocycles. The zero-order chi connectivity index (χ0) is 27.2. The van der Waals surface area contributed by atoms with E-state index in [0.717, 1.165) is 22.3 Å². The number of carbonyl (C=O) groups excluding carboxylic acids is 2. The van der Waals surface area contributed by atoms with Gasteiger partial charge in [-0.2, -0.15) is 0 Å². The molecule has 0 aliphatic carbocycles. The number of carbonyl (C=O) groups is 2. The largest absolute Gasteiger partial charge is 0.464 e. The molecule has 4 aromatic carbocycles. The fraction of sp³-hybridized carbons (Fsp3) is 0.118. The van der Waals surface area contributed by atoms with Crippen molar-refractivity contribution in [3.63, 3.8) is 0 Å². The molecule has 0 radical (unpaired) electrons. The van der Waals surface area contributed by atoms with Crippen molar-refractivity contribution >= 4 is 18.0 Å². The Morgan fingerprint density at radius 3 is 1.67 bits per heavy atom. The fourth-order valence-electron chi connectivity index (χ4n) is 5.20. The van der Waals surface area contributed by atoms with Crippen molar-refractivity contribution in [2.24, 2.45) is 0 Å². The minimum absolute atomic E-state index is 0.00740. The number of likely N-dealkylation sites (tertiary alicyclic amines) is 1. The van der Waals surface area contributed by atoms with Gasteiger partial charge in [-0.05, 0) is 22.3 Å². The SMILES string of the molecule is C=C(C(=O)OC)N1C(=O)C(NC(c2ccccc2)(c2ccccc2)c2ccccc2)C1/C=C/c1ccccc1. The van der Waals surface area contributed by atoms with Gasteiger partial charge in [0.1, 0.15) is 11.7 Å². The van der Waals surface area contributed by atoms with E-state index in [2.05, 4.69) is 48.3 Å². The van der Waals surface area contributed by atoms with Crippen LogP contribution in [0, 0.1) is 0 Å². The number of ether oxygens (including phenoxy) is 1. The number of hydrogen-bond donors (Lipinski definition) is 1. The molecule has 1 N–H and O–H groups in total. The van der Waals surface area contributed by atoms with Crippen molar-refractivity contribution in [2.75, 3.05) is 7.11 Å². The predicted molar refractivity (Wildman–Crippen MR) is 153 cm³/mol. The maximum absolute atomic E-state index is 13.8. The van der Waals surface area contributed by atoms with Crippen LogP contribution >= 0.6 is 0 Å². The van der Waals surface area contributed by atoms with Gasteiger partial charge in [0, 0.05) is 0 Å². The standard InChI is InChI=1S/C34H30N2O3/c1-25(33(38)39-2)36-30(24-23-26-15-7-3-8-16-26)31(32(36)37)35-34(27-17-9-4-10-18-27,28-19-11-5-12-20-28)29-21-13-6-14-22-29/h3-24,30-31,35H,1H2,2H3/b24-23+. The summed E-state index contributed by atoms with van der Waals surface area (Å²) in [6.07, 6.45) is 3.90. The van der Waals surface area contributed by atoms with Gasteiger partial charge in [-0.3, -0.25) is 15.0 Å². The number of hydrogen-bond acceptors (Lipinski definition) is 4. The van der Waals surface area contributed by atoms with Gasteiger partial charge in [0.25, 0.3) is 0 Å². The molecule has 0 bridgehead atoms. The topological polar surface area (TPSA) is 58.6 Å². The Morgan fingerprint density at radius 1 is 0.795 bits per heavy atom. The van der Waals surface area contributed by atoms with Crippen LogP contribution in [0.15, 0.2) is 140 Å². The number of rotatable bonds is 9. The normalized spacial score (nSPS) is 17.1. The third kappa shape index (κ3) is 4.92. The minimum atomic E-state index is -0.846. The lowest BCUT2D eigenvalue weighted by Gasteiger charge is -2.50. The van der Waals surface area contributed by atoms with E-state index in [1.807, 2.05) is 97.1 Å². The molecule has 5 heteroatoms. The van der Waals surface area contributed by atoms with E-state index in [9.17, 15) is 9.59 Å². The van der Waals surface area contributed by atoms with Crippen LogP contribution in [0.25, 0.3) is 6.08 Å². The second-order valence-corrected chi connectivity index (χ2v) is 9.38. The van der Waals surface area contributed by atoms with E-state index >= 15 is 0 Å². The highest BCUT2D eigenvalue weighted by Crippen LogP contribution is 2.40. The molecule has 1 aliphatic heterocycles. The van der Waals surface area contributed by atoms with Gasteiger partial charge in [-0.15, -0.1) is 0 Å². The summed E-state index contributed by atoms with van der Waals surface area (Å²) in [5.41, 5.74) is 3.12. The highest BCUT2D eigenvalue weighted by molar-refractivity contribution is 6.00. The molecule has 0 spiro atoms. The number of nitrogens with one attached hydrogen (secondary N) is 1. The zero-order valence-corrected chi connectivity index (χ0v) is 21.7. The van der Waals surface area contributed by atoms with Crippen LogP contribution in [0.2, 0.25) is 0 Å². The average molecular weight is 515 g/mol. The van der Waals surface area contributed by atoms with E-state index in [1.54, 1.807) is 0 Å². The van der Waals surface area contributed by atoms with Crippen LogP contribution in [-0.2, 0) is 19.9 Å². The lowest BCUT2D eigenvalue weighted by Crippen LogP contribution is -2.72. The molecule has 1 aliphatic rings. The van der Waals surface area contributed by atoms with E-state index in [-0.39, 0.29) is 11.6 Å². The highest BCUT2D eigenvalue weighted by atomic mass is 16.5. The van der Waals surface area contributed by atoms with Crippen LogP contribution in [0.3, 0.4) is 0 Å². The molecule has 0 saturated carbocycles. The molecule has 5 nitrogen and oxygen atoms in total. The molecule has 0 aromatic heterocycles. The Balaban J connectivity index is 1.64. The van der Waals surface area contributed by atoms with Gasteiger partial charge < -0.3 is 4.74 Å². The van der Waals surface area contributed by atoms with Crippen LogP contribution in [0.1, 0.15) is 22.3 Å². The van der Waals surface area contributed by atoms with Crippen molar-refractivity contribution in [2.45, 2.75) is 17.6 Å². The molecule has 2 atom stereocenters. The fourth-order valence-corrected chi connectivity index (χ4v) is 5.20. The van der Waals surface area contributed by atoms with Gasteiger partial charge in [-0.1, -0.05) is 140 Å². The van der Waals surface area contributed by atoms with Crippen LogP contribution in [0.4, 0.5) is 0 Å². The number of nitrogens with zero attached hydrogens (tertiary/aromatic N) is 1. The maximum atomic E-state index is 13.8. The molecule has 5 rings (SSSR count). The second kappa shape index (κ2) is 11.3. The Labute approximate surface area is 229 Å². The van der Waals surface area contributed by atoms with E-state index in [4.69, 9.17) is 4.74 Å².